The number of aryl methyl sites for hydroxylation is 1. The number of hydrogen-bond donors (Lipinski definition) is 1. The Labute approximate surface area is 165 Å². The third kappa shape index (κ3) is 4.85. The summed E-state index contributed by atoms with van der Waals surface area (Å²) in [6, 6.07) is 19.3. The molecule has 1 heterocycles. The van der Waals surface area contributed by atoms with Gasteiger partial charge in [-0.1, -0.05) is 24.3 Å². The summed E-state index contributed by atoms with van der Waals surface area (Å²) in [5, 5.41) is 11.2. The van der Waals surface area contributed by atoms with Crippen LogP contribution in [-0.2, 0) is 11.2 Å². The molecule has 0 aliphatic rings. The molecular formula is C22H24N4O2. The Morgan fingerprint density at radius 2 is 1.86 bits per heavy atom. The molecule has 0 radical (unpaired) electrons. The fraction of sp³-hybridized carbons (Fsp3) is 0.227. The van der Waals surface area contributed by atoms with Crippen molar-refractivity contribution in [1.29, 1.82) is 0 Å². The first-order chi connectivity index (χ1) is 13.6. The topological polar surface area (TPSA) is 67.4 Å². The third-order valence-electron chi connectivity index (χ3n) is 4.35. The number of anilines is 3. The maximum Gasteiger partial charge on any atom is 0.229 e. The van der Waals surface area contributed by atoms with Gasteiger partial charge in [-0.05, 0) is 61.4 Å². The SMILES string of the molecule is CCN(c1cccc(C)c1)c1ccc(NC(=O)Cc2ccc(OC)cc2)nn1. The number of nitrogens with zero attached hydrogens (tertiary/aromatic N) is 3. The highest BCUT2D eigenvalue weighted by atomic mass is 16.5. The largest absolute Gasteiger partial charge is 0.497 e. The van der Waals surface area contributed by atoms with E-state index in [1.165, 1.54) is 5.56 Å². The van der Waals surface area contributed by atoms with Gasteiger partial charge in [0.1, 0.15) is 5.75 Å². The second kappa shape index (κ2) is 8.99. The summed E-state index contributed by atoms with van der Waals surface area (Å²) in [4.78, 5) is 14.3. The molecular weight excluding hydrogens is 352 g/mol. The van der Waals surface area contributed by atoms with Gasteiger partial charge in [0.2, 0.25) is 5.91 Å². The minimum atomic E-state index is -0.141. The molecule has 1 aromatic heterocycles. The van der Waals surface area contributed by atoms with Crippen LogP contribution in [0.4, 0.5) is 17.3 Å². The van der Waals surface area contributed by atoms with Crippen LogP contribution in [0.3, 0.4) is 0 Å². The van der Waals surface area contributed by atoms with E-state index in [0.29, 0.717) is 5.82 Å². The van der Waals surface area contributed by atoms with Crippen molar-refractivity contribution in [2.24, 2.45) is 0 Å². The van der Waals surface area contributed by atoms with Gasteiger partial charge in [-0.3, -0.25) is 4.79 Å². The number of ether oxygens (including phenoxy) is 1. The molecule has 0 unspecified atom stereocenters. The molecule has 0 fully saturated rings. The number of carbonyl (C=O) groups is 1. The van der Waals surface area contributed by atoms with E-state index in [9.17, 15) is 4.79 Å². The lowest BCUT2D eigenvalue weighted by molar-refractivity contribution is -0.115. The molecule has 0 saturated heterocycles. The Morgan fingerprint density at radius 1 is 1.07 bits per heavy atom. The van der Waals surface area contributed by atoms with Crippen LogP contribution < -0.4 is 15.0 Å². The summed E-state index contributed by atoms with van der Waals surface area (Å²) in [5.74, 6) is 1.79. The molecule has 28 heavy (non-hydrogen) atoms. The summed E-state index contributed by atoms with van der Waals surface area (Å²) < 4.78 is 5.13. The molecule has 0 spiro atoms. The molecule has 144 valence electrons. The lowest BCUT2D eigenvalue weighted by Gasteiger charge is -2.22. The van der Waals surface area contributed by atoms with Crippen LogP contribution in [0.1, 0.15) is 18.1 Å². The lowest BCUT2D eigenvalue weighted by atomic mass is 10.1. The van der Waals surface area contributed by atoms with Crippen LogP contribution >= 0.6 is 0 Å². The van der Waals surface area contributed by atoms with Crippen molar-refractivity contribution in [2.45, 2.75) is 20.3 Å². The van der Waals surface area contributed by atoms with Gasteiger partial charge in [-0.15, -0.1) is 10.2 Å². The number of nitrogens with one attached hydrogen (secondary N) is 1. The van der Waals surface area contributed by atoms with Crippen LogP contribution in [0.25, 0.3) is 0 Å². The number of rotatable bonds is 7. The van der Waals surface area contributed by atoms with Crippen LogP contribution in [0, 0.1) is 6.92 Å². The van der Waals surface area contributed by atoms with E-state index >= 15 is 0 Å². The molecule has 3 aromatic rings. The number of amides is 1. The number of benzene rings is 2. The van der Waals surface area contributed by atoms with Gasteiger partial charge in [-0.25, -0.2) is 0 Å². The number of aromatic nitrogens is 2. The molecule has 0 aliphatic carbocycles. The van der Waals surface area contributed by atoms with E-state index in [1.807, 2.05) is 42.5 Å². The van der Waals surface area contributed by atoms with Gasteiger partial charge in [0.25, 0.3) is 0 Å². The van der Waals surface area contributed by atoms with E-state index < -0.39 is 0 Å². The zero-order valence-corrected chi connectivity index (χ0v) is 16.3. The summed E-state index contributed by atoms with van der Waals surface area (Å²) in [7, 11) is 1.61. The van der Waals surface area contributed by atoms with Crippen molar-refractivity contribution >= 4 is 23.2 Å². The second-order valence-corrected chi connectivity index (χ2v) is 6.43. The van der Waals surface area contributed by atoms with E-state index in [1.54, 1.807) is 13.2 Å². The first-order valence-electron chi connectivity index (χ1n) is 9.19. The van der Waals surface area contributed by atoms with Crippen molar-refractivity contribution in [2.75, 3.05) is 23.9 Å². The molecule has 3 rings (SSSR count). The standard InChI is InChI=1S/C22H24N4O2/c1-4-26(18-7-5-6-16(2)14-18)21-13-12-20(24-25-21)23-22(27)15-17-8-10-19(28-3)11-9-17/h5-14H,4,15H2,1-3H3,(H,23,24,27). The Hall–Kier alpha value is -3.41. The molecule has 1 N–H and O–H groups in total. The molecule has 0 aliphatic heterocycles. The van der Waals surface area contributed by atoms with Crippen LogP contribution in [0.2, 0.25) is 0 Å². The Bertz CT molecular complexity index is 924. The highest BCUT2D eigenvalue weighted by Gasteiger charge is 2.11. The summed E-state index contributed by atoms with van der Waals surface area (Å²) in [5.41, 5.74) is 3.15. The van der Waals surface area contributed by atoms with Gasteiger partial charge < -0.3 is 15.0 Å². The highest BCUT2D eigenvalue weighted by molar-refractivity contribution is 5.91. The van der Waals surface area contributed by atoms with E-state index in [2.05, 4.69) is 46.4 Å². The first-order valence-corrected chi connectivity index (χ1v) is 9.19. The fourth-order valence-corrected chi connectivity index (χ4v) is 2.92. The molecule has 0 saturated carbocycles. The van der Waals surface area contributed by atoms with E-state index in [-0.39, 0.29) is 12.3 Å². The van der Waals surface area contributed by atoms with Crippen LogP contribution in [-0.4, -0.2) is 29.8 Å². The first kappa shape index (κ1) is 19.4. The number of hydrogen-bond acceptors (Lipinski definition) is 5. The average Bonchev–Trinajstić information content (AvgIpc) is 2.70. The second-order valence-electron chi connectivity index (χ2n) is 6.43. The monoisotopic (exact) mass is 376 g/mol. The molecule has 6 nitrogen and oxygen atoms in total. The van der Waals surface area contributed by atoms with E-state index in [0.717, 1.165) is 29.4 Å². The predicted molar refractivity (Wildman–Crippen MR) is 111 cm³/mol. The van der Waals surface area contributed by atoms with Gasteiger partial charge in [0, 0.05) is 12.2 Å². The van der Waals surface area contributed by atoms with Crippen molar-refractivity contribution < 1.29 is 9.53 Å². The minimum Gasteiger partial charge on any atom is -0.497 e. The molecule has 0 atom stereocenters. The third-order valence-corrected chi connectivity index (χ3v) is 4.35. The smallest absolute Gasteiger partial charge is 0.229 e. The number of methoxy groups -OCH3 is 1. The van der Waals surface area contributed by atoms with Crippen molar-refractivity contribution in [3.05, 3.63) is 71.8 Å². The maximum atomic E-state index is 12.2. The Balaban J connectivity index is 1.65. The summed E-state index contributed by atoms with van der Waals surface area (Å²) in [6.45, 7) is 4.89. The summed E-state index contributed by atoms with van der Waals surface area (Å²) >= 11 is 0. The maximum absolute atomic E-state index is 12.2. The highest BCUT2D eigenvalue weighted by Crippen LogP contribution is 2.24. The van der Waals surface area contributed by atoms with E-state index in [4.69, 9.17) is 4.74 Å². The van der Waals surface area contributed by atoms with Crippen LogP contribution in [0.15, 0.2) is 60.7 Å². The van der Waals surface area contributed by atoms with Gasteiger partial charge >= 0.3 is 0 Å². The lowest BCUT2D eigenvalue weighted by Crippen LogP contribution is -2.19. The summed E-state index contributed by atoms with van der Waals surface area (Å²) in [6.07, 6.45) is 0.262. The Kier molecular flexibility index (Phi) is 6.22. The van der Waals surface area contributed by atoms with Gasteiger partial charge in [0.15, 0.2) is 11.6 Å². The molecule has 0 bridgehead atoms. The Morgan fingerprint density at radius 3 is 2.46 bits per heavy atom. The van der Waals surface area contributed by atoms with Crippen molar-refractivity contribution in [3.63, 3.8) is 0 Å². The average molecular weight is 376 g/mol. The van der Waals surface area contributed by atoms with Gasteiger partial charge in [0.05, 0.1) is 13.5 Å². The molecule has 1 amide bonds. The van der Waals surface area contributed by atoms with Gasteiger partial charge in [-0.2, -0.15) is 0 Å². The molecule has 6 heteroatoms. The normalized spacial score (nSPS) is 10.4. The fourth-order valence-electron chi connectivity index (χ4n) is 2.92. The molecule has 2 aromatic carbocycles. The van der Waals surface area contributed by atoms with Crippen molar-refractivity contribution in [1.82, 2.24) is 10.2 Å². The zero-order valence-electron chi connectivity index (χ0n) is 16.3. The zero-order chi connectivity index (χ0) is 19.9. The van der Waals surface area contributed by atoms with Crippen LogP contribution in [0.5, 0.6) is 5.75 Å². The van der Waals surface area contributed by atoms with Crippen molar-refractivity contribution in [3.8, 4) is 5.75 Å². The quantitative estimate of drug-likeness (QED) is 0.671. The minimum absolute atomic E-state index is 0.141. The number of carbonyl (C=O) groups excluding carboxylic acids is 1. The predicted octanol–water partition coefficient (Wildman–Crippen LogP) is 4.13.